The number of aryl methyl sites for hydroxylation is 1. The van der Waals surface area contributed by atoms with Crippen LogP contribution in [0.2, 0.25) is 0 Å². The molecule has 17 heavy (non-hydrogen) atoms. The first-order chi connectivity index (χ1) is 8.13. The van der Waals surface area contributed by atoms with Crippen LogP contribution in [0.25, 0.3) is 0 Å². The van der Waals surface area contributed by atoms with Gasteiger partial charge in [-0.05, 0) is 38.0 Å². The zero-order valence-electron chi connectivity index (χ0n) is 10.5. The molecule has 1 aromatic rings. The SMILES string of the molecule is C=CC.CCOC(=O)CCc1ccc(O)cc1. The number of ether oxygens (including phenoxy) is 1. The molecule has 0 aromatic heterocycles. The molecule has 0 saturated carbocycles. The zero-order chi connectivity index (χ0) is 13.1. The first-order valence-corrected chi connectivity index (χ1v) is 5.64. The summed E-state index contributed by atoms with van der Waals surface area (Å²) < 4.78 is 4.80. The molecule has 0 aliphatic rings. The Morgan fingerprint density at radius 2 is 1.94 bits per heavy atom. The second kappa shape index (κ2) is 9.46. The number of esters is 1. The number of phenolic OH excluding ortho intramolecular Hbond substituents is 1. The molecule has 0 unspecified atom stereocenters. The highest BCUT2D eigenvalue weighted by Crippen LogP contribution is 2.11. The molecule has 3 nitrogen and oxygen atoms in total. The Kier molecular flexibility index (Phi) is 8.47. The Morgan fingerprint density at radius 1 is 1.41 bits per heavy atom. The molecule has 0 spiro atoms. The van der Waals surface area contributed by atoms with Crippen molar-refractivity contribution in [3.63, 3.8) is 0 Å². The van der Waals surface area contributed by atoms with E-state index < -0.39 is 0 Å². The highest BCUT2D eigenvalue weighted by Gasteiger charge is 2.01. The van der Waals surface area contributed by atoms with Gasteiger partial charge < -0.3 is 9.84 Å². The van der Waals surface area contributed by atoms with Gasteiger partial charge in [-0.25, -0.2) is 0 Å². The van der Waals surface area contributed by atoms with Crippen LogP contribution >= 0.6 is 0 Å². The molecule has 0 aliphatic carbocycles. The van der Waals surface area contributed by atoms with Gasteiger partial charge in [-0.15, -0.1) is 6.58 Å². The van der Waals surface area contributed by atoms with Crippen LogP contribution in [0.5, 0.6) is 5.75 Å². The molecule has 0 heterocycles. The van der Waals surface area contributed by atoms with Crippen molar-refractivity contribution < 1.29 is 14.6 Å². The van der Waals surface area contributed by atoms with Crippen LogP contribution in [0, 0.1) is 0 Å². The van der Waals surface area contributed by atoms with E-state index in [0.717, 1.165) is 5.56 Å². The molecule has 1 rings (SSSR count). The van der Waals surface area contributed by atoms with Gasteiger partial charge in [0.25, 0.3) is 0 Å². The highest BCUT2D eigenvalue weighted by molar-refractivity contribution is 5.69. The minimum Gasteiger partial charge on any atom is -0.508 e. The molecule has 0 radical (unpaired) electrons. The van der Waals surface area contributed by atoms with Crippen molar-refractivity contribution in [3.8, 4) is 5.75 Å². The lowest BCUT2D eigenvalue weighted by molar-refractivity contribution is -0.143. The second-order valence-corrected chi connectivity index (χ2v) is 3.38. The van der Waals surface area contributed by atoms with Crippen molar-refractivity contribution >= 4 is 5.97 Å². The summed E-state index contributed by atoms with van der Waals surface area (Å²) in [5.74, 6) is 0.0606. The quantitative estimate of drug-likeness (QED) is 0.645. The van der Waals surface area contributed by atoms with Crippen LogP contribution in [0.3, 0.4) is 0 Å². The fourth-order valence-corrected chi connectivity index (χ4v) is 1.14. The molecule has 0 atom stereocenters. The maximum atomic E-state index is 11.0. The van der Waals surface area contributed by atoms with Gasteiger partial charge in [0.1, 0.15) is 5.75 Å². The maximum absolute atomic E-state index is 11.0. The van der Waals surface area contributed by atoms with Gasteiger partial charge >= 0.3 is 5.97 Å². The molecule has 94 valence electrons. The minimum absolute atomic E-state index is 0.180. The van der Waals surface area contributed by atoms with Crippen LogP contribution in [0.4, 0.5) is 0 Å². The highest BCUT2D eigenvalue weighted by atomic mass is 16.5. The van der Waals surface area contributed by atoms with Gasteiger partial charge in [-0.2, -0.15) is 0 Å². The Balaban J connectivity index is 0.000000770. The van der Waals surface area contributed by atoms with E-state index in [1.807, 2.05) is 6.92 Å². The largest absolute Gasteiger partial charge is 0.508 e. The summed E-state index contributed by atoms with van der Waals surface area (Å²) in [6.07, 6.45) is 2.79. The number of allylic oxidation sites excluding steroid dienone is 1. The van der Waals surface area contributed by atoms with Crippen LogP contribution < -0.4 is 0 Å². The predicted molar refractivity (Wildman–Crippen MR) is 68.9 cm³/mol. The lowest BCUT2D eigenvalue weighted by atomic mass is 10.1. The number of carbonyl (C=O) groups excluding carboxylic acids is 1. The molecule has 0 aliphatic heterocycles. The molecular weight excluding hydrogens is 216 g/mol. The third-order valence-corrected chi connectivity index (χ3v) is 1.86. The van der Waals surface area contributed by atoms with Gasteiger partial charge in [0, 0.05) is 6.42 Å². The Labute approximate surface area is 103 Å². The third-order valence-electron chi connectivity index (χ3n) is 1.86. The first kappa shape index (κ1) is 15.2. The van der Waals surface area contributed by atoms with E-state index >= 15 is 0 Å². The summed E-state index contributed by atoms with van der Waals surface area (Å²) in [5, 5.41) is 9.03. The fraction of sp³-hybridized carbons (Fsp3) is 0.357. The number of benzene rings is 1. The molecule has 0 fully saturated rings. The van der Waals surface area contributed by atoms with Gasteiger partial charge in [-0.3, -0.25) is 4.79 Å². The maximum Gasteiger partial charge on any atom is 0.306 e. The van der Waals surface area contributed by atoms with E-state index in [2.05, 4.69) is 6.58 Å². The van der Waals surface area contributed by atoms with Gasteiger partial charge in [0.2, 0.25) is 0 Å². The summed E-state index contributed by atoms with van der Waals surface area (Å²) in [5.41, 5.74) is 1.02. The standard InChI is InChI=1S/C11H14O3.C3H6/c1-2-14-11(13)8-5-9-3-6-10(12)7-4-9;1-3-2/h3-4,6-7,12H,2,5,8H2,1H3;3H,1H2,2H3. The van der Waals surface area contributed by atoms with Crippen molar-refractivity contribution in [2.45, 2.75) is 26.7 Å². The minimum atomic E-state index is -0.180. The van der Waals surface area contributed by atoms with Gasteiger partial charge in [0.15, 0.2) is 0 Å². The second-order valence-electron chi connectivity index (χ2n) is 3.38. The first-order valence-electron chi connectivity index (χ1n) is 5.64. The summed E-state index contributed by atoms with van der Waals surface area (Å²) in [4.78, 5) is 11.0. The van der Waals surface area contributed by atoms with E-state index in [-0.39, 0.29) is 11.7 Å². The number of aromatic hydroxyl groups is 1. The van der Waals surface area contributed by atoms with E-state index in [1.165, 1.54) is 0 Å². The topological polar surface area (TPSA) is 46.5 Å². The number of hydrogen-bond donors (Lipinski definition) is 1. The number of phenols is 1. The van der Waals surface area contributed by atoms with Crippen molar-refractivity contribution in [2.75, 3.05) is 6.61 Å². The lowest BCUT2D eigenvalue weighted by Gasteiger charge is -2.02. The summed E-state index contributed by atoms with van der Waals surface area (Å²) >= 11 is 0. The van der Waals surface area contributed by atoms with Crippen LogP contribution in [-0.4, -0.2) is 17.7 Å². The molecule has 1 N–H and O–H groups in total. The smallest absolute Gasteiger partial charge is 0.306 e. The van der Waals surface area contributed by atoms with Gasteiger partial charge in [0.05, 0.1) is 6.61 Å². The average Bonchev–Trinajstić information content (AvgIpc) is 2.30. The molecule has 0 saturated heterocycles. The Hall–Kier alpha value is -1.77. The van der Waals surface area contributed by atoms with E-state index in [9.17, 15) is 4.79 Å². The Morgan fingerprint density at radius 3 is 2.41 bits per heavy atom. The average molecular weight is 236 g/mol. The predicted octanol–water partition coefficient (Wildman–Crippen LogP) is 3.08. The van der Waals surface area contributed by atoms with Crippen LogP contribution in [0.15, 0.2) is 36.9 Å². The number of carbonyl (C=O) groups is 1. The number of rotatable bonds is 4. The van der Waals surface area contributed by atoms with Crippen LogP contribution in [-0.2, 0) is 16.0 Å². The lowest BCUT2D eigenvalue weighted by Crippen LogP contribution is -2.04. The van der Waals surface area contributed by atoms with Crippen molar-refractivity contribution in [2.24, 2.45) is 0 Å². The van der Waals surface area contributed by atoms with Crippen molar-refractivity contribution in [3.05, 3.63) is 42.5 Å². The third kappa shape index (κ3) is 8.08. The zero-order valence-corrected chi connectivity index (χ0v) is 10.5. The van der Waals surface area contributed by atoms with E-state index in [1.54, 1.807) is 37.3 Å². The molecule has 0 bridgehead atoms. The molecular formula is C14H20O3. The summed E-state index contributed by atoms with van der Waals surface area (Å²) in [6, 6.07) is 6.82. The van der Waals surface area contributed by atoms with Crippen LogP contribution in [0.1, 0.15) is 25.8 Å². The Bertz CT molecular complexity index is 328. The monoisotopic (exact) mass is 236 g/mol. The van der Waals surface area contributed by atoms with E-state index in [0.29, 0.717) is 19.4 Å². The molecule has 0 amide bonds. The molecule has 1 aromatic carbocycles. The summed E-state index contributed by atoms with van der Waals surface area (Å²) in [6.45, 7) is 7.47. The molecule has 3 heteroatoms. The van der Waals surface area contributed by atoms with Crippen molar-refractivity contribution in [1.82, 2.24) is 0 Å². The fourth-order valence-electron chi connectivity index (χ4n) is 1.14. The van der Waals surface area contributed by atoms with Crippen molar-refractivity contribution in [1.29, 1.82) is 0 Å². The normalized spacial score (nSPS) is 8.82. The van der Waals surface area contributed by atoms with E-state index in [4.69, 9.17) is 9.84 Å². The van der Waals surface area contributed by atoms with Gasteiger partial charge in [-0.1, -0.05) is 18.2 Å². The number of hydrogen-bond acceptors (Lipinski definition) is 3. The summed E-state index contributed by atoms with van der Waals surface area (Å²) in [7, 11) is 0.